The second-order valence-electron chi connectivity index (χ2n) is 7.89. The fourth-order valence-electron chi connectivity index (χ4n) is 2.52. The van der Waals surface area contributed by atoms with Crippen LogP contribution in [0.3, 0.4) is 0 Å². The molecular formula is C21H32N4OS. The number of benzene rings is 1. The van der Waals surface area contributed by atoms with Gasteiger partial charge in [-0.2, -0.15) is 0 Å². The summed E-state index contributed by atoms with van der Waals surface area (Å²) in [7, 11) is 0. The quantitative estimate of drug-likeness (QED) is 0.502. The van der Waals surface area contributed by atoms with E-state index in [-0.39, 0.29) is 12.0 Å². The molecule has 0 spiro atoms. The molecule has 0 fully saturated rings. The average molecular weight is 389 g/mol. The maximum absolute atomic E-state index is 10.7. The van der Waals surface area contributed by atoms with Crippen molar-refractivity contribution in [3.63, 3.8) is 0 Å². The number of aliphatic imine (C=N–C) groups is 1. The van der Waals surface area contributed by atoms with Crippen LogP contribution in [0.25, 0.3) is 0 Å². The minimum absolute atomic E-state index is 0.0849. The lowest BCUT2D eigenvalue weighted by molar-refractivity contribution is 0.0672. The van der Waals surface area contributed by atoms with Crippen LogP contribution >= 0.6 is 11.3 Å². The number of hydrogen-bond acceptors (Lipinski definition) is 4. The second kappa shape index (κ2) is 9.33. The van der Waals surface area contributed by atoms with Crippen molar-refractivity contribution >= 4 is 17.3 Å². The number of hydrogen-bond donors (Lipinski definition) is 3. The molecule has 1 aromatic carbocycles. The maximum atomic E-state index is 10.7. The molecule has 0 aliphatic rings. The summed E-state index contributed by atoms with van der Waals surface area (Å²) in [6, 6.07) is 9.64. The molecule has 0 aliphatic heterocycles. The first-order valence-corrected chi connectivity index (χ1v) is 10.4. The highest BCUT2D eigenvalue weighted by Crippen LogP contribution is 2.24. The summed E-state index contributed by atoms with van der Waals surface area (Å²) in [5.41, 5.74) is 1.09. The SMILES string of the molecule is CCNC(=NCC(C)(O)c1ccccc1)NCCc1nc(C(C)(C)C)cs1. The Bertz CT molecular complexity index is 732. The van der Waals surface area contributed by atoms with Gasteiger partial charge < -0.3 is 15.7 Å². The molecule has 6 heteroatoms. The number of nitrogens with one attached hydrogen (secondary N) is 2. The molecule has 1 aromatic heterocycles. The number of aliphatic hydroxyl groups is 1. The Morgan fingerprint density at radius 2 is 1.85 bits per heavy atom. The Morgan fingerprint density at radius 1 is 1.15 bits per heavy atom. The Kier molecular flexibility index (Phi) is 7.39. The van der Waals surface area contributed by atoms with E-state index >= 15 is 0 Å². The lowest BCUT2D eigenvalue weighted by Crippen LogP contribution is -2.39. The van der Waals surface area contributed by atoms with Crippen molar-refractivity contribution in [3.8, 4) is 0 Å². The third kappa shape index (κ3) is 6.63. The number of rotatable bonds is 7. The second-order valence-corrected chi connectivity index (χ2v) is 8.83. The molecule has 5 nitrogen and oxygen atoms in total. The van der Waals surface area contributed by atoms with E-state index in [1.54, 1.807) is 18.3 Å². The van der Waals surface area contributed by atoms with Crippen LogP contribution in [0.2, 0.25) is 0 Å². The van der Waals surface area contributed by atoms with E-state index in [9.17, 15) is 5.11 Å². The third-order valence-electron chi connectivity index (χ3n) is 4.24. The Morgan fingerprint density at radius 3 is 2.44 bits per heavy atom. The van der Waals surface area contributed by atoms with Crippen LogP contribution in [0, 0.1) is 0 Å². The largest absolute Gasteiger partial charge is 0.384 e. The highest BCUT2D eigenvalue weighted by molar-refractivity contribution is 7.09. The first-order chi connectivity index (χ1) is 12.7. The molecule has 0 saturated carbocycles. The monoisotopic (exact) mass is 388 g/mol. The minimum atomic E-state index is -0.999. The summed E-state index contributed by atoms with van der Waals surface area (Å²) in [5, 5.41) is 20.6. The molecule has 0 bridgehead atoms. The van der Waals surface area contributed by atoms with Gasteiger partial charge in [-0.3, -0.25) is 0 Å². The van der Waals surface area contributed by atoms with E-state index < -0.39 is 5.60 Å². The lowest BCUT2D eigenvalue weighted by atomic mass is 9.93. The predicted octanol–water partition coefficient (Wildman–Crippen LogP) is 3.45. The Balaban J connectivity index is 1.93. The molecule has 27 heavy (non-hydrogen) atoms. The van der Waals surface area contributed by atoms with Crippen molar-refractivity contribution in [2.75, 3.05) is 19.6 Å². The molecule has 0 saturated heterocycles. The molecule has 3 N–H and O–H groups in total. The van der Waals surface area contributed by atoms with Crippen molar-refractivity contribution in [3.05, 3.63) is 52.0 Å². The summed E-state index contributed by atoms with van der Waals surface area (Å²) < 4.78 is 0. The van der Waals surface area contributed by atoms with Gasteiger partial charge in [-0.15, -0.1) is 11.3 Å². The van der Waals surface area contributed by atoms with Crippen LogP contribution < -0.4 is 10.6 Å². The molecule has 0 amide bonds. The van der Waals surface area contributed by atoms with Crippen molar-refractivity contribution in [1.29, 1.82) is 0 Å². The van der Waals surface area contributed by atoms with Gasteiger partial charge in [-0.25, -0.2) is 9.98 Å². The van der Waals surface area contributed by atoms with E-state index in [0.29, 0.717) is 5.96 Å². The summed E-state index contributed by atoms with van der Waals surface area (Å²) >= 11 is 1.70. The van der Waals surface area contributed by atoms with Gasteiger partial charge in [0.15, 0.2) is 5.96 Å². The first kappa shape index (κ1) is 21.4. The average Bonchev–Trinajstić information content (AvgIpc) is 3.10. The summed E-state index contributed by atoms with van der Waals surface area (Å²) in [5.74, 6) is 0.710. The smallest absolute Gasteiger partial charge is 0.191 e. The molecule has 148 valence electrons. The van der Waals surface area contributed by atoms with Crippen molar-refractivity contribution in [1.82, 2.24) is 15.6 Å². The first-order valence-electron chi connectivity index (χ1n) is 9.47. The third-order valence-corrected chi connectivity index (χ3v) is 5.15. The Labute approximate surface area is 167 Å². The van der Waals surface area contributed by atoms with Crippen molar-refractivity contribution in [2.24, 2.45) is 4.99 Å². The van der Waals surface area contributed by atoms with Gasteiger partial charge in [0.05, 0.1) is 17.2 Å². The van der Waals surface area contributed by atoms with Crippen LogP contribution in [-0.2, 0) is 17.4 Å². The van der Waals surface area contributed by atoms with E-state index in [1.807, 2.05) is 37.3 Å². The van der Waals surface area contributed by atoms with Gasteiger partial charge in [0, 0.05) is 30.3 Å². The molecular weight excluding hydrogens is 356 g/mol. The highest BCUT2D eigenvalue weighted by atomic mass is 32.1. The summed E-state index contributed by atoms with van der Waals surface area (Å²) in [6.45, 7) is 12.2. The topological polar surface area (TPSA) is 69.5 Å². The molecule has 0 radical (unpaired) electrons. The predicted molar refractivity (Wildman–Crippen MR) is 115 cm³/mol. The standard InChI is InChI=1S/C21H32N4OS/c1-6-22-19(24-15-21(5,26)16-10-8-7-9-11-16)23-13-12-18-25-17(14-27-18)20(2,3)4/h7-11,14,26H,6,12-13,15H2,1-5H3,(H2,22,23,24). The summed E-state index contributed by atoms with van der Waals surface area (Å²) in [6.07, 6.45) is 0.847. The Hall–Kier alpha value is -1.92. The van der Waals surface area contributed by atoms with Gasteiger partial charge in [0.1, 0.15) is 5.60 Å². The van der Waals surface area contributed by atoms with Crippen LogP contribution in [0.5, 0.6) is 0 Å². The molecule has 1 atom stereocenters. The van der Waals surface area contributed by atoms with Crippen LogP contribution in [0.4, 0.5) is 0 Å². The molecule has 2 rings (SSSR count). The lowest BCUT2D eigenvalue weighted by Gasteiger charge is -2.22. The summed E-state index contributed by atoms with van der Waals surface area (Å²) in [4.78, 5) is 9.29. The zero-order valence-electron chi connectivity index (χ0n) is 17.0. The fourth-order valence-corrected chi connectivity index (χ4v) is 3.55. The van der Waals surface area contributed by atoms with Gasteiger partial charge >= 0.3 is 0 Å². The zero-order chi connectivity index (χ0) is 19.9. The van der Waals surface area contributed by atoms with Gasteiger partial charge in [0.2, 0.25) is 0 Å². The molecule has 0 aliphatic carbocycles. The van der Waals surface area contributed by atoms with Gasteiger partial charge in [-0.05, 0) is 19.4 Å². The number of thiazole rings is 1. The van der Waals surface area contributed by atoms with E-state index in [1.165, 1.54) is 0 Å². The minimum Gasteiger partial charge on any atom is -0.384 e. The van der Waals surface area contributed by atoms with E-state index in [4.69, 9.17) is 4.98 Å². The number of guanidine groups is 1. The molecule has 1 unspecified atom stereocenters. The molecule has 1 heterocycles. The van der Waals surface area contributed by atoms with Crippen LogP contribution in [0.1, 0.15) is 50.9 Å². The number of aromatic nitrogens is 1. The van der Waals surface area contributed by atoms with Crippen LogP contribution in [-0.4, -0.2) is 35.7 Å². The van der Waals surface area contributed by atoms with Gasteiger partial charge in [-0.1, -0.05) is 51.1 Å². The fraction of sp³-hybridized carbons (Fsp3) is 0.524. The highest BCUT2D eigenvalue weighted by Gasteiger charge is 2.22. The van der Waals surface area contributed by atoms with E-state index in [2.05, 4.69) is 41.8 Å². The van der Waals surface area contributed by atoms with E-state index in [0.717, 1.165) is 35.8 Å². The zero-order valence-corrected chi connectivity index (χ0v) is 17.9. The number of nitrogens with zero attached hydrogens (tertiary/aromatic N) is 2. The maximum Gasteiger partial charge on any atom is 0.191 e. The van der Waals surface area contributed by atoms with Crippen molar-refractivity contribution < 1.29 is 5.11 Å². The van der Waals surface area contributed by atoms with Crippen molar-refractivity contribution in [2.45, 2.75) is 52.1 Å². The normalized spacial score (nSPS) is 14.7. The van der Waals surface area contributed by atoms with Gasteiger partial charge in [0.25, 0.3) is 0 Å². The van der Waals surface area contributed by atoms with Crippen LogP contribution in [0.15, 0.2) is 40.7 Å². The molecule has 2 aromatic rings.